The number of aliphatic hydroxyl groups excluding tert-OH is 1. The SMILES string of the molecule is COc1ccc2c3c(ccc2c1)C1=C(C(=O)O)C[C@H](O)[C@@]1(C)CC3. The fraction of sp³-hybridized carbons (Fsp3) is 0.350. The summed E-state index contributed by atoms with van der Waals surface area (Å²) in [6.45, 7) is 1.99. The van der Waals surface area contributed by atoms with Crippen molar-refractivity contribution in [1.82, 2.24) is 0 Å². The quantitative estimate of drug-likeness (QED) is 0.888. The second-order valence-electron chi connectivity index (χ2n) is 6.97. The number of aliphatic hydroxyl groups is 1. The molecule has 0 aliphatic heterocycles. The Bertz CT molecular complexity index is 896. The number of carbonyl (C=O) groups is 1. The van der Waals surface area contributed by atoms with E-state index in [9.17, 15) is 15.0 Å². The molecule has 0 unspecified atom stereocenters. The molecule has 4 rings (SSSR count). The highest BCUT2D eigenvalue weighted by atomic mass is 16.5. The number of hydrogen-bond donors (Lipinski definition) is 2. The van der Waals surface area contributed by atoms with Gasteiger partial charge in [0.2, 0.25) is 0 Å². The van der Waals surface area contributed by atoms with Gasteiger partial charge in [0.1, 0.15) is 5.75 Å². The first-order chi connectivity index (χ1) is 11.5. The van der Waals surface area contributed by atoms with E-state index in [0.717, 1.165) is 40.5 Å². The van der Waals surface area contributed by atoms with Gasteiger partial charge in [-0.1, -0.05) is 25.1 Å². The molecule has 0 spiro atoms. The smallest absolute Gasteiger partial charge is 0.331 e. The number of carboxylic acids is 1. The van der Waals surface area contributed by atoms with Crippen molar-refractivity contribution in [2.75, 3.05) is 7.11 Å². The van der Waals surface area contributed by atoms with Crippen molar-refractivity contribution in [2.45, 2.75) is 32.3 Å². The van der Waals surface area contributed by atoms with Crippen molar-refractivity contribution in [2.24, 2.45) is 5.41 Å². The van der Waals surface area contributed by atoms with E-state index in [1.54, 1.807) is 7.11 Å². The summed E-state index contributed by atoms with van der Waals surface area (Å²) in [4.78, 5) is 11.7. The van der Waals surface area contributed by atoms with Crippen LogP contribution in [0.1, 0.15) is 30.9 Å². The van der Waals surface area contributed by atoms with Gasteiger partial charge < -0.3 is 14.9 Å². The minimum atomic E-state index is -0.921. The number of benzene rings is 2. The van der Waals surface area contributed by atoms with Crippen molar-refractivity contribution in [1.29, 1.82) is 0 Å². The third-order valence-corrected chi connectivity index (χ3v) is 5.77. The first-order valence-electron chi connectivity index (χ1n) is 8.20. The van der Waals surface area contributed by atoms with Crippen LogP contribution in [0.5, 0.6) is 5.75 Å². The Kier molecular flexibility index (Phi) is 3.22. The number of aryl methyl sites for hydroxylation is 1. The Morgan fingerprint density at radius 1 is 1.29 bits per heavy atom. The van der Waals surface area contributed by atoms with E-state index in [4.69, 9.17) is 4.74 Å². The van der Waals surface area contributed by atoms with Crippen LogP contribution >= 0.6 is 0 Å². The normalized spacial score (nSPS) is 25.5. The molecular formula is C20H20O4. The third kappa shape index (κ3) is 1.93. The maximum Gasteiger partial charge on any atom is 0.331 e. The van der Waals surface area contributed by atoms with E-state index in [2.05, 4.69) is 0 Å². The maximum absolute atomic E-state index is 11.7. The standard InChI is InChI=1S/C20H20O4/c1-20-8-7-14-13-6-4-12(24-2)9-11(13)3-5-15(14)18(20)16(19(22)23)10-17(20)21/h3-6,9,17,21H,7-8,10H2,1-2H3,(H,22,23)/t17-,20+/m0/s1. The molecule has 24 heavy (non-hydrogen) atoms. The largest absolute Gasteiger partial charge is 0.497 e. The second-order valence-corrected chi connectivity index (χ2v) is 6.97. The first kappa shape index (κ1) is 15.2. The van der Waals surface area contributed by atoms with Crippen LogP contribution in [-0.4, -0.2) is 29.4 Å². The van der Waals surface area contributed by atoms with E-state index in [-0.39, 0.29) is 6.42 Å². The number of ether oxygens (including phenoxy) is 1. The van der Waals surface area contributed by atoms with E-state index in [1.165, 1.54) is 5.56 Å². The van der Waals surface area contributed by atoms with Crippen molar-refractivity contribution in [3.63, 3.8) is 0 Å². The lowest BCUT2D eigenvalue weighted by Gasteiger charge is -2.37. The molecule has 124 valence electrons. The number of hydrogen-bond acceptors (Lipinski definition) is 3. The molecule has 4 nitrogen and oxygen atoms in total. The topological polar surface area (TPSA) is 66.8 Å². The number of carboxylic acid groups (broad SMARTS) is 1. The number of rotatable bonds is 2. The summed E-state index contributed by atoms with van der Waals surface area (Å²) < 4.78 is 5.29. The molecule has 0 heterocycles. The van der Waals surface area contributed by atoms with Gasteiger partial charge in [0, 0.05) is 17.4 Å². The monoisotopic (exact) mass is 324 g/mol. The molecule has 0 saturated carbocycles. The van der Waals surface area contributed by atoms with Crippen molar-refractivity contribution in [3.05, 3.63) is 47.0 Å². The van der Waals surface area contributed by atoms with Crippen LogP contribution in [0.3, 0.4) is 0 Å². The maximum atomic E-state index is 11.7. The molecule has 2 aliphatic carbocycles. The van der Waals surface area contributed by atoms with Gasteiger partial charge in [0.25, 0.3) is 0 Å². The molecular weight excluding hydrogens is 304 g/mol. The highest BCUT2D eigenvalue weighted by Crippen LogP contribution is 2.55. The van der Waals surface area contributed by atoms with Crippen LogP contribution in [-0.2, 0) is 11.2 Å². The predicted molar refractivity (Wildman–Crippen MR) is 92.1 cm³/mol. The van der Waals surface area contributed by atoms with Gasteiger partial charge in [0.05, 0.1) is 13.2 Å². The zero-order valence-electron chi connectivity index (χ0n) is 13.8. The lowest BCUT2D eigenvalue weighted by Crippen LogP contribution is -2.32. The Morgan fingerprint density at radius 2 is 2.08 bits per heavy atom. The molecule has 0 fully saturated rings. The van der Waals surface area contributed by atoms with Crippen LogP contribution in [0.15, 0.2) is 35.9 Å². The number of methoxy groups -OCH3 is 1. The van der Waals surface area contributed by atoms with E-state index < -0.39 is 17.5 Å². The van der Waals surface area contributed by atoms with Crippen LogP contribution in [0.4, 0.5) is 0 Å². The minimum Gasteiger partial charge on any atom is -0.497 e. The highest BCUT2D eigenvalue weighted by Gasteiger charge is 2.48. The molecule has 2 aromatic carbocycles. The van der Waals surface area contributed by atoms with Crippen molar-refractivity contribution in [3.8, 4) is 5.75 Å². The van der Waals surface area contributed by atoms with Gasteiger partial charge in [0.15, 0.2) is 0 Å². The molecule has 4 heteroatoms. The highest BCUT2D eigenvalue weighted by molar-refractivity contribution is 6.02. The van der Waals surface area contributed by atoms with Gasteiger partial charge in [-0.15, -0.1) is 0 Å². The molecule has 0 aromatic heterocycles. The third-order valence-electron chi connectivity index (χ3n) is 5.77. The van der Waals surface area contributed by atoms with Crippen molar-refractivity contribution < 1.29 is 19.7 Å². The molecule has 0 amide bonds. The van der Waals surface area contributed by atoms with E-state index in [1.807, 2.05) is 37.3 Å². The lowest BCUT2D eigenvalue weighted by atomic mass is 9.68. The molecule has 0 bridgehead atoms. The van der Waals surface area contributed by atoms with Gasteiger partial charge >= 0.3 is 5.97 Å². The van der Waals surface area contributed by atoms with Gasteiger partial charge in [-0.05, 0) is 52.4 Å². The summed E-state index contributed by atoms with van der Waals surface area (Å²) in [6.07, 6.45) is 1.20. The fourth-order valence-corrected chi connectivity index (χ4v) is 4.38. The Hall–Kier alpha value is -2.33. The summed E-state index contributed by atoms with van der Waals surface area (Å²) in [5.41, 5.74) is 2.87. The Balaban J connectivity index is 2.00. The van der Waals surface area contributed by atoms with Crippen molar-refractivity contribution >= 4 is 22.3 Å². The number of fused-ring (bicyclic) bond motifs is 5. The van der Waals surface area contributed by atoms with Gasteiger partial charge in [-0.3, -0.25) is 0 Å². The van der Waals surface area contributed by atoms with E-state index >= 15 is 0 Å². The summed E-state index contributed by atoms with van der Waals surface area (Å²) in [5.74, 6) is -0.111. The van der Waals surface area contributed by atoms with Crippen LogP contribution in [0.25, 0.3) is 16.3 Å². The van der Waals surface area contributed by atoms with Gasteiger partial charge in [-0.2, -0.15) is 0 Å². The minimum absolute atomic E-state index is 0.223. The van der Waals surface area contributed by atoms with Crippen LogP contribution in [0.2, 0.25) is 0 Å². The lowest BCUT2D eigenvalue weighted by molar-refractivity contribution is -0.132. The molecule has 0 radical (unpaired) electrons. The molecule has 2 aromatic rings. The van der Waals surface area contributed by atoms with Crippen LogP contribution in [0, 0.1) is 5.41 Å². The zero-order chi connectivity index (χ0) is 17.1. The van der Waals surface area contributed by atoms with Crippen LogP contribution < -0.4 is 4.74 Å². The second kappa shape index (κ2) is 5.08. The molecule has 2 atom stereocenters. The Labute approximate surface area is 140 Å². The predicted octanol–water partition coefficient (Wildman–Crippen LogP) is 3.40. The van der Waals surface area contributed by atoms with E-state index in [0.29, 0.717) is 5.57 Å². The summed E-state index contributed by atoms with van der Waals surface area (Å²) in [7, 11) is 1.65. The summed E-state index contributed by atoms with van der Waals surface area (Å²) in [6, 6.07) is 10.00. The average molecular weight is 324 g/mol. The molecule has 0 saturated heterocycles. The summed E-state index contributed by atoms with van der Waals surface area (Å²) in [5, 5.41) is 22.3. The molecule has 2 aliphatic rings. The average Bonchev–Trinajstić information content (AvgIpc) is 2.86. The summed E-state index contributed by atoms with van der Waals surface area (Å²) >= 11 is 0. The zero-order valence-corrected chi connectivity index (χ0v) is 13.8. The number of aliphatic carboxylic acids is 1. The van der Waals surface area contributed by atoms with Gasteiger partial charge in [-0.25, -0.2) is 4.79 Å². The molecule has 2 N–H and O–H groups in total. The Morgan fingerprint density at radius 3 is 2.79 bits per heavy atom. The first-order valence-corrected chi connectivity index (χ1v) is 8.20. The fourth-order valence-electron chi connectivity index (χ4n) is 4.38.